The molecule has 5 heteroatoms. The molecular weight excluding hydrogens is 290 g/mol. The largest absolute Gasteiger partial charge is 0.214 e. The molecular formula is C11H16BrNO2S. The normalized spacial score (nSPS) is 12.0. The Labute approximate surface area is 106 Å². The molecule has 1 aromatic carbocycles. The maximum Gasteiger partial charge on any atom is 0.214 e. The first-order chi connectivity index (χ1) is 7.45. The molecule has 0 fully saturated rings. The van der Waals surface area contributed by atoms with E-state index in [0.29, 0.717) is 13.0 Å². The Balaban J connectivity index is 2.71. The number of halogens is 1. The van der Waals surface area contributed by atoms with Crippen molar-refractivity contribution in [3.63, 3.8) is 0 Å². The van der Waals surface area contributed by atoms with E-state index in [0.717, 1.165) is 10.0 Å². The summed E-state index contributed by atoms with van der Waals surface area (Å²) in [5.41, 5.74) is 0.991. The summed E-state index contributed by atoms with van der Waals surface area (Å²) in [6.07, 6.45) is 0.646. The number of hydrogen-bond acceptors (Lipinski definition) is 2. The van der Waals surface area contributed by atoms with Gasteiger partial charge in [-0.15, -0.1) is 0 Å². The fourth-order valence-corrected chi connectivity index (χ4v) is 2.80. The van der Waals surface area contributed by atoms with Gasteiger partial charge in [0.2, 0.25) is 10.0 Å². The molecule has 0 aromatic heterocycles. The fraction of sp³-hybridized carbons (Fsp3) is 0.455. The Kier molecular flexibility index (Phi) is 4.95. The fourth-order valence-electron chi connectivity index (χ4n) is 1.36. The van der Waals surface area contributed by atoms with Gasteiger partial charge in [0.1, 0.15) is 0 Å². The lowest BCUT2D eigenvalue weighted by Crippen LogP contribution is -2.28. The van der Waals surface area contributed by atoms with Crippen molar-refractivity contribution in [3.05, 3.63) is 34.3 Å². The minimum Gasteiger partial charge on any atom is -0.212 e. The third kappa shape index (κ3) is 3.88. The highest BCUT2D eigenvalue weighted by molar-refractivity contribution is 9.10. The molecule has 1 aromatic rings. The molecule has 0 aliphatic rings. The van der Waals surface area contributed by atoms with Crippen LogP contribution < -0.4 is 0 Å². The summed E-state index contributed by atoms with van der Waals surface area (Å²) in [5.74, 6) is 0.208. The van der Waals surface area contributed by atoms with Gasteiger partial charge in [0.05, 0.1) is 5.75 Å². The second kappa shape index (κ2) is 5.80. The molecule has 0 N–H and O–H groups in total. The molecule has 0 unspecified atom stereocenters. The highest BCUT2D eigenvalue weighted by atomic mass is 79.9. The monoisotopic (exact) mass is 305 g/mol. The van der Waals surface area contributed by atoms with Gasteiger partial charge in [-0.1, -0.05) is 35.0 Å². The summed E-state index contributed by atoms with van der Waals surface area (Å²) in [4.78, 5) is 0. The second-order valence-electron chi connectivity index (χ2n) is 3.70. The summed E-state index contributed by atoms with van der Waals surface area (Å²) >= 11 is 3.34. The maximum atomic E-state index is 11.7. The minimum atomic E-state index is -3.10. The van der Waals surface area contributed by atoms with Crippen LogP contribution in [0.15, 0.2) is 28.7 Å². The summed E-state index contributed by atoms with van der Waals surface area (Å²) < 4.78 is 25.8. The van der Waals surface area contributed by atoms with Gasteiger partial charge in [0.25, 0.3) is 0 Å². The highest BCUT2D eigenvalue weighted by Crippen LogP contribution is 2.13. The van der Waals surface area contributed by atoms with E-state index in [-0.39, 0.29) is 5.75 Å². The van der Waals surface area contributed by atoms with Crippen molar-refractivity contribution in [1.82, 2.24) is 4.31 Å². The molecule has 90 valence electrons. The van der Waals surface area contributed by atoms with Gasteiger partial charge in [0, 0.05) is 18.1 Å². The lowest BCUT2D eigenvalue weighted by atomic mass is 10.2. The maximum absolute atomic E-state index is 11.7. The predicted octanol–water partition coefficient (Wildman–Crippen LogP) is 2.62. The molecule has 3 nitrogen and oxygen atoms in total. The van der Waals surface area contributed by atoms with Gasteiger partial charge in [-0.3, -0.25) is 0 Å². The van der Waals surface area contributed by atoms with Crippen molar-refractivity contribution < 1.29 is 8.42 Å². The molecule has 0 radical (unpaired) electrons. The average Bonchev–Trinajstić information content (AvgIpc) is 2.21. The Morgan fingerprint density at radius 3 is 2.31 bits per heavy atom. The Morgan fingerprint density at radius 1 is 1.25 bits per heavy atom. The number of hydrogen-bond donors (Lipinski definition) is 0. The topological polar surface area (TPSA) is 37.4 Å². The van der Waals surface area contributed by atoms with Crippen LogP contribution in [-0.2, 0) is 16.6 Å². The number of benzene rings is 1. The van der Waals surface area contributed by atoms with Gasteiger partial charge in [-0.2, -0.15) is 0 Å². The van der Waals surface area contributed by atoms with Crippen molar-refractivity contribution in [2.75, 3.05) is 12.8 Å². The van der Waals surface area contributed by atoms with Crippen molar-refractivity contribution in [1.29, 1.82) is 0 Å². The summed E-state index contributed by atoms with van der Waals surface area (Å²) in [5, 5.41) is 0. The summed E-state index contributed by atoms with van der Waals surface area (Å²) in [7, 11) is -1.48. The van der Waals surface area contributed by atoms with E-state index in [4.69, 9.17) is 0 Å². The van der Waals surface area contributed by atoms with E-state index < -0.39 is 10.0 Å². The molecule has 0 saturated carbocycles. The van der Waals surface area contributed by atoms with Gasteiger partial charge in [-0.25, -0.2) is 12.7 Å². The van der Waals surface area contributed by atoms with E-state index in [9.17, 15) is 8.42 Å². The van der Waals surface area contributed by atoms with Gasteiger partial charge < -0.3 is 0 Å². The number of rotatable bonds is 5. The van der Waals surface area contributed by atoms with Crippen LogP contribution in [0.1, 0.15) is 18.9 Å². The van der Waals surface area contributed by atoms with Crippen LogP contribution in [0.4, 0.5) is 0 Å². The third-order valence-corrected chi connectivity index (χ3v) is 4.79. The van der Waals surface area contributed by atoms with Crippen LogP contribution in [0.3, 0.4) is 0 Å². The zero-order chi connectivity index (χ0) is 12.2. The van der Waals surface area contributed by atoms with Crippen molar-refractivity contribution in [3.8, 4) is 0 Å². The summed E-state index contributed by atoms with van der Waals surface area (Å²) in [6.45, 7) is 2.29. The van der Waals surface area contributed by atoms with Crippen LogP contribution in [0, 0.1) is 0 Å². The van der Waals surface area contributed by atoms with E-state index in [1.54, 1.807) is 7.05 Å². The molecule has 0 amide bonds. The highest BCUT2D eigenvalue weighted by Gasteiger charge is 2.16. The number of sulfonamides is 1. The zero-order valence-corrected chi connectivity index (χ0v) is 11.9. The van der Waals surface area contributed by atoms with E-state index in [1.807, 2.05) is 31.2 Å². The first-order valence-electron chi connectivity index (χ1n) is 5.14. The molecule has 1 rings (SSSR count). The predicted molar refractivity (Wildman–Crippen MR) is 69.7 cm³/mol. The Hall–Kier alpha value is -0.390. The minimum absolute atomic E-state index is 0.208. The molecule has 16 heavy (non-hydrogen) atoms. The smallest absolute Gasteiger partial charge is 0.212 e. The first-order valence-corrected chi connectivity index (χ1v) is 7.54. The van der Waals surface area contributed by atoms with Crippen LogP contribution in [0.2, 0.25) is 0 Å². The Morgan fingerprint density at radius 2 is 1.81 bits per heavy atom. The molecule has 0 spiro atoms. The van der Waals surface area contributed by atoms with E-state index in [2.05, 4.69) is 15.9 Å². The molecule has 0 bridgehead atoms. The molecule has 0 aliphatic heterocycles. The molecule has 0 atom stereocenters. The van der Waals surface area contributed by atoms with Crippen LogP contribution in [0.25, 0.3) is 0 Å². The van der Waals surface area contributed by atoms with Crippen molar-refractivity contribution in [2.45, 2.75) is 19.9 Å². The SMILES string of the molecule is CCCS(=O)(=O)N(C)Cc1ccc(Br)cc1. The van der Waals surface area contributed by atoms with Crippen LogP contribution >= 0.6 is 15.9 Å². The molecule has 0 saturated heterocycles. The van der Waals surface area contributed by atoms with Crippen molar-refractivity contribution >= 4 is 26.0 Å². The average molecular weight is 306 g/mol. The van der Waals surface area contributed by atoms with Gasteiger partial charge >= 0.3 is 0 Å². The standard InChI is InChI=1S/C11H16BrNO2S/c1-3-8-16(14,15)13(2)9-10-4-6-11(12)7-5-10/h4-7H,3,8-9H2,1-2H3. The molecule has 0 heterocycles. The third-order valence-electron chi connectivity index (χ3n) is 2.26. The first kappa shape index (κ1) is 13.7. The zero-order valence-electron chi connectivity index (χ0n) is 9.48. The van der Waals surface area contributed by atoms with E-state index in [1.165, 1.54) is 4.31 Å². The lowest BCUT2D eigenvalue weighted by molar-refractivity contribution is 0.466. The Bertz CT molecular complexity index is 428. The van der Waals surface area contributed by atoms with E-state index >= 15 is 0 Å². The molecule has 0 aliphatic carbocycles. The second-order valence-corrected chi connectivity index (χ2v) is 6.81. The van der Waals surface area contributed by atoms with Gasteiger partial charge in [0.15, 0.2) is 0 Å². The quantitative estimate of drug-likeness (QED) is 0.838. The van der Waals surface area contributed by atoms with Crippen molar-refractivity contribution in [2.24, 2.45) is 0 Å². The van der Waals surface area contributed by atoms with Crippen LogP contribution in [-0.4, -0.2) is 25.5 Å². The summed E-state index contributed by atoms with van der Waals surface area (Å²) in [6, 6.07) is 7.66. The lowest BCUT2D eigenvalue weighted by Gasteiger charge is -2.16. The number of nitrogens with zero attached hydrogens (tertiary/aromatic N) is 1. The van der Waals surface area contributed by atoms with Crippen LogP contribution in [0.5, 0.6) is 0 Å². The van der Waals surface area contributed by atoms with Gasteiger partial charge in [-0.05, 0) is 24.1 Å².